The third-order valence-corrected chi connectivity index (χ3v) is 2.61. The average Bonchev–Trinajstić information content (AvgIpc) is 2.51. The van der Waals surface area contributed by atoms with Gasteiger partial charge in [0.1, 0.15) is 12.4 Å². The van der Waals surface area contributed by atoms with Gasteiger partial charge in [-0.25, -0.2) is 0 Å². The normalized spacial score (nSPS) is 10.7. The molecule has 0 amide bonds. The molecule has 104 valence electrons. The number of anilines is 1. The highest BCUT2D eigenvalue weighted by molar-refractivity contribution is 5.48. The minimum absolute atomic E-state index is 0.473. The predicted octanol–water partition coefficient (Wildman–Crippen LogP) is 3.39. The number of nitrogens with zero attached hydrogens (tertiary/aromatic N) is 2. The lowest BCUT2D eigenvalue weighted by Gasteiger charge is -2.05. The zero-order valence-corrected chi connectivity index (χ0v) is 11.6. The summed E-state index contributed by atoms with van der Waals surface area (Å²) >= 11 is 0. The summed E-state index contributed by atoms with van der Waals surface area (Å²) in [7, 11) is 0. The Morgan fingerprint density at radius 2 is 2.05 bits per heavy atom. The summed E-state index contributed by atoms with van der Waals surface area (Å²) in [6.07, 6.45) is 8.35. The van der Waals surface area contributed by atoms with Crippen molar-refractivity contribution in [3.63, 3.8) is 0 Å². The molecule has 1 aromatic heterocycles. The Hall–Kier alpha value is -2.36. The van der Waals surface area contributed by atoms with E-state index >= 15 is 0 Å². The second-order valence-corrected chi connectivity index (χ2v) is 4.29. The Labute approximate surface area is 119 Å². The summed E-state index contributed by atoms with van der Waals surface area (Å²) in [4.78, 5) is 8.43. The van der Waals surface area contributed by atoms with Crippen LogP contribution in [0, 0.1) is 0 Å². The Morgan fingerprint density at radius 1 is 1.20 bits per heavy atom. The average molecular weight is 269 g/mol. The van der Waals surface area contributed by atoms with Gasteiger partial charge in [-0.05, 0) is 18.1 Å². The zero-order chi connectivity index (χ0) is 14.0. The van der Waals surface area contributed by atoms with Crippen LogP contribution >= 0.6 is 0 Å². The fourth-order valence-corrected chi connectivity index (χ4v) is 1.64. The second-order valence-electron chi connectivity index (χ2n) is 4.29. The van der Waals surface area contributed by atoms with Crippen LogP contribution < -0.4 is 10.1 Å². The van der Waals surface area contributed by atoms with Crippen molar-refractivity contribution in [1.82, 2.24) is 9.97 Å². The molecule has 1 heterocycles. The molecule has 0 aliphatic carbocycles. The van der Waals surface area contributed by atoms with E-state index in [1.165, 1.54) is 0 Å². The van der Waals surface area contributed by atoms with Crippen molar-refractivity contribution in [1.29, 1.82) is 0 Å². The number of aromatic nitrogens is 2. The first-order valence-corrected chi connectivity index (χ1v) is 6.79. The molecule has 20 heavy (non-hydrogen) atoms. The molecule has 0 spiro atoms. The topological polar surface area (TPSA) is 47.0 Å². The molecule has 1 N–H and O–H groups in total. The van der Waals surface area contributed by atoms with E-state index in [0.29, 0.717) is 12.5 Å². The van der Waals surface area contributed by atoms with Crippen LogP contribution in [0.4, 0.5) is 5.82 Å². The van der Waals surface area contributed by atoms with E-state index < -0.39 is 0 Å². The minimum Gasteiger partial charge on any atom is -0.472 e. The van der Waals surface area contributed by atoms with Gasteiger partial charge < -0.3 is 10.1 Å². The van der Waals surface area contributed by atoms with E-state index in [-0.39, 0.29) is 0 Å². The van der Waals surface area contributed by atoms with E-state index in [1.54, 1.807) is 12.4 Å². The van der Waals surface area contributed by atoms with Crippen LogP contribution in [0.15, 0.2) is 48.8 Å². The quantitative estimate of drug-likeness (QED) is 0.837. The molecule has 2 aromatic rings. The number of benzene rings is 1. The van der Waals surface area contributed by atoms with Crippen LogP contribution in [0.1, 0.15) is 18.9 Å². The van der Waals surface area contributed by atoms with Gasteiger partial charge >= 0.3 is 0 Å². The van der Waals surface area contributed by atoms with E-state index in [0.717, 1.165) is 24.3 Å². The third-order valence-electron chi connectivity index (χ3n) is 2.61. The highest BCUT2D eigenvalue weighted by Crippen LogP contribution is 2.09. The van der Waals surface area contributed by atoms with Crippen molar-refractivity contribution >= 4 is 11.9 Å². The van der Waals surface area contributed by atoms with Crippen LogP contribution in [-0.2, 0) is 0 Å². The van der Waals surface area contributed by atoms with Crippen LogP contribution in [0.5, 0.6) is 5.88 Å². The summed E-state index contributed by atoms with van der Waals surface area (Å²) in [6.45, 7) is 3.46. The lowest BCUT2D eigenvalue weighted by molar-refractivity contribution is 0.348. The van der Waals surface area contributed by atoms with Crippen molar-refractivity contribution in [2.75, 3.05) is 18.5 Å². The lowest BCUT2D eigenvalue weighted by Crippen LogP contribution is -2.04. The van der Waals surface area contributed by atoms with Crippen molar-refractivity contribution in [2.24, 2.45) is 0 Å². The first kappa shape index (κ1) is 14.1. The molecule has 0 atom stereocenters. The molecule has 0 aliphatic heterocycles. The molecule has 0 unspecified atom stereocenters. The van der Waals surface area contributed by atoms with Crippen LogP contribution in [0.3, 0.4) is 0 Å². The summed E-state index contributed by atoms with van der Waals surface area (Å²) in [5, 5.41) is 3.18. The van der Waals surface area contributed by atoms with E-state index in [4.69, 9.17) is 4.74 Å². The number of ether oxygens (including phenoxy) is 1. The highest BCUT2D eigenvalue weighted by Gasteiger charge is 1.97. The van der Waals surface area contributed by atoms with E-state index in [1.807, 2.05) is 42.5 Å². The van der Waals surface area contributed by atoms with Crippen molar-refractivity contribution in [2.45, 2.75) is 13.3 Å². The van der Waals surface area contributed by atoms with Crippen molar-refractivity contribution < 1.29 is 4.74 Å². The number of hydrogen-bond donors (Lipinski definition) is 1. The fourth-order valence-electron chi connectivity index (χ4n) is 1.64. The van der Waals surface area contributed by atoms with Gasteiger partial charge in [0, 0.05) is 6.54 Å². The summed E-state index contributed by atoms with van der Waals surface area (Å²) in [5.41, 5.74) is 1.15. The van der Waals surface area contributed by atoms with Gasteiger partial charge in [0.25, 0.3) is 0 Å². The molecule has 4 nitrogen and oxygen atoms in total. The molecular weight excluding hydrogens is 250 g/mol. The van der Waals surface area contributed by atoms with Crippen LogP contribution in [0.2, 0.25) is 0 Å². The Balaban J connectivity index is 1.83. The standard InChI is InChI=1S/C16H19N3O/c1-2-10-18-15-12-17-13-16(19-15)20-11-6-9-14-7-4-3-5-8-14/h3-9,12-13H,2,10-11H2,1H3,(H,18,19)/b9-6+. The minimum atomic E-state index is 0.473. The molecule has 0 radical (unpaired) electrons. The lowest BCUT2D eigenvalue weighted by atomic mass is 10.2. The monoisotopic (exact) mass is 269 g/mol. The maximum atomic E-state index is 5.55. The molecular formula is C16H19N3O. The summed E-state index contributed by atoms with van der Waals surface area (Å²) < 4.78 is 5.55. The third kappa shape index (κ3) is 4.72. The predicted molar refractivity (Wildman–Crippen MR) is 81.8 cm³/mol. The molecule has 0 aliphatic rings. The molecule has 0 bridgehead atoms. The molecule has 0 saturated heterocycles. The van der Waals surface area contributed by atoms with Gasteiger partial charge in [-0.15, -0.1) is 0 Å². The Morgan fingerprint density at radius 3 is 2.85 bits per heavy atom. The van der Waals surface area contributed by atoms with Gasteiger partial charge in [0.05, 0.1) is 12.4 Å². The molecule has 0 fully saturated rings. The van der Waals surface area contributed by atoms with Crippen molar-refractivity contribution in [3.8, 4) is 5.88 Å². The van der Waals surface area contributed by atoms with Gasteiger partial charge in [0.15, 0.2) is 0 Å². The van der Waals surface area contributed by atoms with Crippen LogP contribution in [0.25, 0.3) is 6.08 Å². The van der Waals surface area contributed by atoms with Gasteiger partial charge in [-0.3, -0.25) is 4.98 Å². The van der Waals surface area contributed by atoms with E-state index in [2.05, 4.69) is 22.2 Å². The maximum Gasteiger partial charge on any atom is 0.234 e. The summed E-state index contributed by atoms with van der Waals surface area (Å²) in [6, 6.07) is 10.1. The van der Waals surface area contributed by atoms with E-state index in [9.17, 15) is 0 Å². The Kier molecular flexibility index (Phi) is 5.58. The highest BCUT2D eigenvalue weighted by atomic mass is 16.5. The molecule has 2 rings (SSSR count). The van der Waals surface area contributed by atoms with Crippen molar-refractivity contribution in [3.05, 3.63) is 54.4 Å². The smallest absolute Gasteiger partial charge is 0.234 e. The fraction of sp³-hybridized carbons (Fsp3) is 0.250. The van der Waals surface area contributed by atoms with Gasteiger partial charge in [-0.2, -0.15) is 4.98 Å². The molecule has 4 heteroatoms. The Bertz CT molecular complexity index is 540. The number of rotatable bonds is 7. The zero-order valence-electron chi connectivity index (χ0n) is 11.6. The second kappa shape index (κ2) is 7.94. The largest absolute Gasteiger partial charge is 0.472 e. The van der Waals surface area contributed by atoms with Gasteiger partial charge in [-0.1, -0.05) is 43.3 Å². The van der Waals surface area contributed by atoms with Crippen LogP contribution in [-0.4, -0.2) is 23.1 Å². The van der Waals surface area contributed by atoms with Gasteiger partial charge in [0.2, 0.25) is 5.88 Å². The summed E-state index contributed by atoms with van der Waals surface area (Å²) in [5.74, 6) is 1.28. The number of nitrogens with one attached hydrogen (secondary N) is 1. The SMILES string of the molecule is CCCNc1cncc(OC/C=C/c2ccccc2)n1. The number of hydrogen-bond acceptors (Lipinski definition) is 4. The maximum absolute atomic E-state index is 5.55. The molecule has 1 aromatic carbocycles. The first-order valence-electron chi connectivity index (χ1n) is 6.79. The molecule has 0 saturated carbocycles. The first-order chi connectivity index (χ1) is 9.88.